The molecule has 0 saturated carbocycles. The minimum atomic E-state index is -0.848. The van der Waals surface area contributed by atoms with Crippen molar-refractivity contribution < 1.29 is 4.21 Å². The fourth-order valence-corrected chi connectivity index (χ4v) is 3.62. The summed E-state index contributed by atoms with van der Waals surface area (Å²) in [6.45, 7) is 8.69. The van der Waals surface area contributed by atoms with E-state index in [-0.39, 0.29) is 5.41 Å². The monoisotopic (exact) mass is 265 g/mol. The molecular weight excluding hydrogens is 242 g/mol. The highest BCUT2D eigenvalue weighted by Crippen LogP contribution is 2.23. The minimum Gasteiger partial charge on any atom is -0.316 e. The molecule has 0 spiro atoms. The van der Waals surface area contributed by atoms with Gasteiger partial charge in [-0.15, -0.1) is 0 Å². The van der Waals surface area contributed by atoms with Crippen LogP contribution in [0.2, 0.25) is 0 Å². The SMILES string of the molecule is CC(C)(C)c1ccc(S(=O)CC2CCNC2)cc1. The molecule has 0 bridgehead atoms. The van der Waals surface area contributed by atoms with Gasteiger partial charge in [0.15, 0.2) is 0 Å². The fraction of sp³-hybridized carbons (Fsp3) is 0.600. The normalized spacial score (nSPS) is 22.1. The molecule has 2 unspecified atom stereocenters. The second-order valence-electron chi connectivity index (χ2n) is 6.15. The number of benzene rings is 1. The second-order valence-corrected chi connectivity index (χ2v) is 7.64. The molecule has 1 saturated heterocycles. The molecule has 1 heterocycles. The number of rotatable bonds is 3. The minimum absolute atomic E-state index is 0.162. The lowest BCUT2D eigenvalue weighted by molar-refractivity contribution is 0.589. The number of nitrogens with one attached hydrogen (secondary N) is 1. The summed E-state index contributed by atoms with van der Waals surface area (Å²) in [5.74, 6) is 1.37. The average molecular weight is 265 g/mol. The first-order valence-electron chi connectivity index (χ1n) is 6.66. The van der Waals surface area contributed by atoms with Gasteiger partial charge in [0.2, 0.25) is 0 Å². The molecule has 3 heteroatoms. The third-order valence-corrected chi connectivity index (χ3v) is 5.10. The van der Waals surface area contributed by atoms with Crippen molar-refractivity contribution in [1.29, 1.82) is 0 Å². The van der Waals surface area contributed by atoms with Crippen LogP contribution in [0.4, 0.5) is 0 Å². The zero-order valence-corrected chi connectivity index (χ0v) is 12.3. The molecule has 0 aromatic heterocycles. The van der Waals surface area contributed by atoms with E-state index < -0.39 is 10.8 Å². The summed E-state index contributed by atoms with van der Waals surface area (Å²) in [4.78, 5) is 0.968. The van der Waals surface area contributed by atoms with Crippen molar-refractivity contribution in [2.75, 3.05) is 18.8 Å². The van der Waals surface area contributed by atoms with Crippen LogP contribution in [0.1, 0.15) is 32.8 Å². The van der Waals surface area contributed by atoms with Crippen molar-refractivity contribution in [3.05, 3.63) is 29.8 Å². The Balaban J connectivity index is 2.02. The van der Waals surface area contributed by atoms with Crippen LogP contribution in [0.15, 0.2) is 29.2 Å². The van der Waals surface area contributed by atoms with Crippen molar-refractivity contribution in [2.24, 2.45) is 5.92 Å². The van der Waals surface area contributed by atoms with Gasteiger partial charge in [0.05, 0.1) is 10.8 Å². The topological polar surface area (TPSA) is 29.1 Å². The van der Waals surface area contributed by atoms with E-state index in [0.717, 1.165) is 30.2 Å². The first-order chi connectivity index (χ1) is 8.47. The molecule has 1 aromatic rings. The van der Waals surface area contributed by atoms with E-state index in [1.165, 1.54) is 5.56 Å². The smallest absolute Gasteiger partial charge is 0.0532 e. The average Bonchev–Trinajstić information content (AvgIpc) is 2.81. The van der Waals surface area contributed by atoms with E-state index in [4.69, 9.17) is 0 Å². The molecule has 2 nitrogen and oxygen atoms in total. The van der Waals surface area contributed by atoms with E-state index in [1.54, 1.807) is 0 Å². The Morgan fingerprint density at radius 1 is 1.28 bits per heavy atom. The lowest BCUT2D eigenvalue weighted by atomic mass is 9.87. The summed E-state index contributed by atoms with van der Waals surface area (Å²) in [5.41, 5.74) is 1.46. The van der Waals surface area contributed by atoms with Gasteiger partial charge < -0.3 is 5.32 Å². The molecule has 18 heavy (non-hydrogen) atoms. The lowest BCUT2D eigenvalue weighted by Crippen LogP contribution is -2.15. The Morgan fingerprint density at radius 3 is 2.44 bits per heavy atom. The molecule has 0 aliphatic carbocycles. The number of hydrogen-bond donors (Lipinski definition) is 1. The van der Waals surface area contributed by atoms with Crippen LogP contribution in [-0.2, 0) is 16.2 Å². The van der Waals surface area contributed by atoms with Gasteiger partial charge in [-0.3, -0.25) is 4.21 Å². The van der Waals surface area contributed by atoms with Crippen LogP contribution in [0.5, 0.6) is 0 Å². The van der Waals surface area contributed by atoms with Gasteiger partial charge in [0.1, 0.15) is 0 Å². The van der Waals surface area contributed by atoms with E-state index in [2.05, 4.69) is 38.2 Å². The summed E-state index contributed by atoms with van der Waals surface area (Å²) >= 11 is 0. The summed E-state index contributed by atoms with van der Waals surface area (Å²) in [6, 6.07) is 8.28. The van der Waals surface area contributed by atoms with Gasteiger partial charge in [0, 0.05) is 10.6 Å². The van der Waals surface area contributed by atoms with Crippen molar-refractivity contribution in [3.8, 4) is 0 Å². The van der Waals surface area contributed by atoms with E-state index in [0.29, 0.717) is 5.92 Å². The Labute approximate surface area is 113 Å². The summed E-state index contributed by atoms with van der Waals surface area (Å²) in [7, 11) is -0.848. The first kappa shape index (κ1) is 13.8. The van der Waals surface area contributed by atoms with E-state index in [9.17, 15) is 4.21 Å². The zero-order chi connectivity index (χ0) is 13.2. The zero-order valence-electron chi connectivity index (χ0n) is 11.5. The molecular formula is C15H23NOS. The molecule has 1 aromatic carbocycles. The van der Waals surface area contributed by atoms with Gasteiger partial charge >= 0.3 is 0 Å². The lowest BCUT2D eigenvalue weighted by Gasteiger charge is -2.19. The third kappa shape index (κ3) is 3.42. The van der Waals surface area contributed by atoms with Crippen LogP contribution in [0, 0.1) is 5.92 Å². The van der Waals surface area contributed by atoms with Crippen molar-refractivity contribution >= 4 is 10.8 Å². The predicted molar refractivity (Wildman–Crippen MR) is 77.4 cm³/mol. The van der Waals surface area contributed by atoms with Gasteiger partial charge in [-0.2, -0.15) is 0 Å². The highest BCUT2D eigenvalue weighted by Gasteiger charge is 2.19. The van der Waals surface area contributed by atoms with Gasteiger partial charge in [-0.05, 0) is 48.5 Å². The largest absolute Gasteiger partial charge is 0.316 e. The van der Waals surface area contributed by atoms with E-state index in [1.807, 2.05) is 12.1 Å². The molecule has 0 amide bonds. The standard InChI is InChI=1S/C15H23NOS/c1-15(2,3)13-4-6-14(7-5-13)18(17)11-12-8-9-16-10-12/h4-7,12,16H,8-11H2,1-3H3. The molecule has 0 radical (unpaired) electrons. The van der Waals surface area contributed by atoms with Gasteiger partial charge in [-0.25, -0.2) is 0 Å². The predicted octanol–water partition coefficient (Wildman–Crippen LogP) is 2.70. The number of hydrogen-bond acceptors (Lipinski definition) is 2. The van der Waals surface area contributed by atoms with Crippen LogP contribution in [0.3, 0.4) is 0 Å². The highest BCUT2D eigenvalue weighted by molar-refractivity contribution is 7.85. The molecule has 1 aliphatic heterocycles. The van der Waals surface area contributed by atoms with Crippen LogP contribution < -0.4 is 5.32 Å². The van der Waals surface area contributed by atoms with Crippen LogP contribution >= 0.6 is 0 Å². The van der Waals surface area contributed by atoms with Crippen LogP contribution in [-0.4, -0.2) is 23.1 Å². The van der Waals surface area contributed by atoms with Crippen molar-refractivity contribution in [2.45, 2.75) is 37.5 Å². The second kappa shape index (κ2) is 5.54. The molecule has 2 atom stereocenters. The van der Waals surface area contributed by atoms with Crippen molar-refractivity contribution in [1.82, 2.24) is 5.32 Å². The Morgan fingerprint density at radius 2 is 1.94 bits per heavy atom. The third-order valence-electron chi connectivity index (χ3n) is 3.53. The maximum atomic E-state index is 12.2. The maximum Gasteiger partial charge on any atom is 0.0532 e. The van der Waals surface area contributed by atoms with Crippen LogP contribution in [0.25, 0.3) is 0 Å². The first-order valence-corrected chi connectivity index (χ1v) is 7.98. The fourth-order valence-electron chi connectivity index (χ4n) is 2.27. The van der Waals surface area contributed by atoms with Gasteiger partial charge in [-0.1, -0.05) is 32.9 Å². The molecule has 2 rings (SSSR count). The molecule has 1 fully saturated rings. The highest BCUT2D eigenvalue weighted by atomic mass is 32.2. The maximum absolute atomic E-state index is 12.2. The molecule has 1 aliphatic rings. The summed E-state index contributed by atoms with van der Waals surface area (Å²) < 4.78 is 12.2. The quantitative estimate of drug-likeness (QED) is 0.910. The van der Waals surface area contributed by atoms with Crippen molar-refractivity contribution in [3.63, 3.8) is 0 Å². The molecule has 100 valence electrons. The molecule has 1 N–H and O–H groups in total. The van der Waals surface area contributed by atoms with Gasteiger partial charge in [0.25, 0.3) is 0 Å². The van der Waals surface area contributed by atoms with E-state index >= 15 is 0 Å². The summed E-state index contributed by atoms with van der Waals surface area (Å²) in [6.07, 6.45) is 1.16. The Hall–Kier alpha value is -0.670. The Kier molecular flexibility index (Phi) is 4.23. The summed E-state index contributed by atoms with van der Waals surface area (Å²) in [5, 5.41) is 3.32. The Bertz CT molecular complexity index is 413.